The Morgan fingerprint density at radius 2 is 1.64 bits per heavy atom. The molecular weight excluding hydrogens is 172 g/mol. The van der Waals surface area contributed by atoms with Crippen LogP contribution in [0.1, 0.15) is 46.5 Å². The van der Waals surface area contributed by atoms with Gasteiger partial charge in [-0.25, -0.2) is 0 Å². The maximum Gasteiger partial charge on any atom is 0.0692 e. The van der Waals surface area contributed by atoms with Crippen LogP contribution in [0.3, 0.4) is 0 Å². The summed E-state index contributed by atoms with van der Waals surface area (Å²) in [5.74, 6) is 2.50. The fraction of sp³-hybridized carbons (Fsp3) is 0.846. The van der Waals surface area contributed by atoms with Gasteiger partial charge in [-0.3, -0.25) is 0 Å². The first-order valence-corrected chi connectivity index (χ1v) is 5.96. The highest BCUT2D eigenvalue weighted by Gasteiger charge is 2.21. The Hall–Kier alpha value is -0.300. The standard InChI is InChI=1S/C13H24O/c1-10(2)13-8-6-12(7-9-13)5-4-11(3)14/h4-5,10-14H,6-9H2,1-3H3/b5-4+. The van der Waals surface area contributed by atoms with Crippen molar-refractivity contribution in [2.75, 3.05) is 0 Å². The summed E-state index contributed by atoms with van der Waals surface area (Å²) < 4.78 is 0. The van der Waals surface area contributed by atoms with Gasteiger partial charge in [0.15, 0.2) is 0 Å². The lowest BCUT2D eigenvalue weighted by atomic mass is 9.77. The van der Waals surface area contributed by atoms with E-state index < -0.39 is 0 Å². The third kappa shape index (κ3) is 3.83. The van der Waals surface area contributed by atoms with Crippen LogP contribution >= 0.6 is 0 Å². The van der Waals surface area contributed by atoms with Gasteiger partial charge in [-0.1, -0.05) is 26.0 Å². The summed E-state index contributed by atoms with van der Waals surface area (Å²) in [7, 11) is 0. The van der Waals surface area contributed by atoms with Gasteiger partial charge in [-0.15, -0.1) is 0 Å². The van der Waals surface area contributed by atoms with Crippen LogP contribution in [0.4, 0.5) is 0 Å². The molecule has 0 aliphatic heterocycles. The van der Waals surface area contributed by atoms with E-state index in [4.69, 9.17) is 5.11 Å². The fourth-order valence-corrected chi connectivity index (χ4v) is 2.32. The Kier molecular flexibility index (Phi) is 4.67. The zero-order chi connectivity index (χ0) is 10.6. The molecule has 0 saturated heterocycles. The lowest BCUT2D eigenvalue weighted by molar-refractivity contribution is 0.235. The first-order valence-electron chi connectivity index (χ1n) is 5.96. The van der Waals surface area contributed by atoms with Gasteiger partial charge in [0.1, 0.15) is 0 Å². The molecule has 0 aromatic carbocycles. The molecule has 1 atom stereocenters. The van der Waals surface area contributed by atoms with Crippen molar-refractivity contribution in [1.82, 2.24) is 0 Å². The molecule has 1 fully saturated rings. The highest BCUT2D eigenvalue weighted by molar-refractivity contribution is 4.93. The van der Waals surface area contributed by atoms with Gasteiger partial charge in [-0.05, 0) is 50.4 Å². The van der Waals surface area contributed by atoms with Gasteiger partial charge in [-0.2, -0.15) is 0 Å². The molecule has 0 amide bonds. The number of hydrogen-bond acceptors (Lipinski definition) is 1. The van der Waals surface area contributed by atoms with Crippen molar-refractivity contribution in [3.63, 3.8) is 0 Å². The number of hydrogen-bond donors (Lipinski definition) is 1. The maximum absolute atomic E-state index is 9.14. The van der Waals surface area contributed by atoms with Crippen LogP contribution in [0.2, 0.25) is 0 Å². The lowest BCUT2D eigenvalue weighted by Crippen LogP contribution is -2.17. The number of aliphatic hydroxyl groups excluding tert-OH is 1. The SMILES string of the molecule is CC(O)/C=C/C1CCC(C(C)C)CC1. The highest BCUT2D eigenvalue weighted by Crippen LogP contribution is 2.33. The minimum atomic E-state index is -0.280. The fourth-order valence-electron chi connectivity index (χ4n) is 2.32. The summed E-state index contributed by atoms with van der Waals surface area (Å²) in [4.78, 5) is 0. The zero-order valence-electron chi connectivity index (χ0n) is 9.74. The molecular formula is C13H24O. The molecule has 82 valence electrons. The van der Waals surface area contributed by atoms with E-state index in [1.54, 1.807) is 0 Å². The van der Waals surface area contributed by atoms with Gasteiger partial charge < -0.3 is 5.11 Å². The zero-order valence-corrected chi connectivity index (χ0v) is 9.74. The van der Waals surface area contributed by atoms with Gasteiger partial charge in [0, 0.05) is 0 Å². The van der Waals surface area contributed by atoms with Crippen LogP contribution < -0.4 is 0 Å². The van der Waals surface area contributed by atoms with Crippen LogP contribution in [0.15, 0.2) is 12.2 Å². The molecule has 1 aliphatic carbocycles. The van der Waals surface area contributed by atoms with E-state index in [1.807, 2.05) is 13.0 Å². The molecule has 1 saturated carbocycles. The first kappa shape index (κ1) is 11.8. The molecule has 14 heavy (non-hydrogen) atoms. The van der Waals surface area contributed by atoms with Crippen molar-refractivity contribution in [2.24, 2.45) is 17.8 Å². The second-order valence-electron chi connectivity index (χ2n) is 5.04. The average Bonchev–Trinajstić information content (AvgIpc) is 2.15. The van der Waals surface area contributed by atoms with Crippen LogP contribution in [-0.2, 0) is 0 Å². The van der Waals surface area contributed by atoms with E-state index in [0.717, 1.165) is 17.8 Å². The van der Waals surface area contributed by atoms with E-state index >= 15 is 0 Å². The van der Waals surface area contributed by atoms with Crippen LogP contribution in [0.5, 0.6) is 0 Å². The van der Waals surface area contributed by atoms with Crippen molar-refractivity contribution in [3.8, 4) is 0 Å². The lowest BCUT2D eigenvalue weighted by Gasteiger charge is -2.29. The Balaban J connectivity index is 2.29. The number of aliphatic hydroxyl groups is 1. The molecule has 1 aliphatic rings. The summed E-state index contributed by atoms with van der Waals surface area (Å²) >= 11 is 0. The monoisotopic (exact) mass is 196 g/mol. The summed E-state index contributed by atoms with van der Waals surface area (Å²) in [5.41, 5.74) is 0. The van der Waals surface area contributed by atoms with Crippen LogP contribution in [0.25, 0.3) is 0 Å². The molecule has 0 radical (unpaired) electrons. The van der Waals surface area contributed by atoms with Gasteiger partial charge in [0.2, 0.25) is 0 Å². The number of allylic oxidation sites excluding steroid dienone is 1. The van der Waals surface area contributed by atoms with E-state index in [2.05, 4.69) is 19.9 Å². The minimum Gasteiger partial charge on any atom is -0.389 e. The smallest absolute Gasteiger partial charge is 0.0692 e. The van der Waals surface area contributed by atoms with E-state index in [1.165, 1.54) is 25.7 Å². The van der Waals surface area contributed by atoms with Crippen molar-refractivity contribution < 1.29 is 5.11 Å². The van der Waals surface area contributed by atoms with Crippen molar-refractivity contribution in [2.45, 2.75) is 52.6 Å². The van der Waals surface area contributed by atoms with E-state index in [9.17, 15) is 0 Å². The first-order chi connectivity index (χ1) is 6.59. The summed E-state index contributed by atoms with van der Waals surface area (Å²) in [6.45, 7) is 6.48. The normalized spacial score (nSPS) is 31.2. The molecule has 0 spiro atoms. The summed E-state index contributed by atoms with van der Waals surface area (Å²) in [5, 5.41) is 9.14. The topological polar surface area (TPSA) is 20.2 Å². The predicted octanol–water partition coefficient (Wildman–Crippen LogP) is 3.39. The largest absolute Gasteiger partial charge is 0.389 e. The Bertz CT molecular complexity index is 174. The Morgan fingerprint density at radius 1 is 1.07 bits per heavy atom. The maximum atomic E-state index is 9.14. The second-order valence-corrected chi connectivity index (χ2v) is 5.04. The molecule has 0 heterocycles. The molecule has 1 heteroatoms. The van der Waals surface area contributed by atoms with Crippen molar-refractivity contribution in [3.05, 3.63) is 12.2 Å². The predicted molar refractivity (Wildman–Crippen MR) is 61.1 cm³/mol. The van der Waals surface area contributed by atoms with Gasteiger partial charge in [0.25, 0.3) is 0 Å². The third-order valence-electron chi connectivity index (χ3n) is 3.42. The molecule has 0 bridgehead atoms. The average molecular weight is 196 g/mol. The second kappa shape index (κ2) is 5.55. The van der Waals surface area contributed by atoms with Crippen molar-refractivity contribution >= 4 is 0 Å². The van der Waals surface area contributed by atoms with Crippen LogP contribution in [-0.4, -0.2) is 11.2 Å². The van der Waals surface area contributed by atoms with Crippen molar-refractivity contribution in [1.29, 1.82) is 0 Å². The minimum absolute atomic E-state index is 0.280. The number of rotatable bonds is 3. The van der Waals surface area contributed by atoms with Gasteiger partial charge in [0.05, 0.1) is 6.10 Å². The quantitative estimate of drug-likeness (QED) is 0.686. The highest BCUT2D eigenvalue weighted by atomic mass is 16.3. The molecule has 1 N–H and O–H groups in total. The molecule has 0 aromatic rings. The van der Waals surface area contributed by atoms with E-state index in [0.29, 0.717) is 0 Å². The third-order valence-corrected chi connectivity index (χ3v) is 3.42. The summed E-state index contributed by atoms with van der Waals surface area (Å²) in [6, 6.07) is 0. The Labute approximate surface area is 88.2 Å². The van der Waals surface area contributed by atoms with Crippen LogP contribution in [0, 0.1) is 17.8 Å². The molecule has 0 aromatic heterocycles. The summed E-state index contributed by atoms with van der Waals surface area (Å²) in [6.07, 6.45) is 9.22. The molecule has 1 rings (SSSR count). The molecule has 1 nitrogen and oxygen atoms in total. The van der Waals surface area contributed by atoms with Gasteiger partial charge >= 0.3 is 0 Å². The molecule has 1 unspecified atom stereocenters. The van der Waals surface area contributed by atoms with E-state index in [-0.39, 0.29) is 6.10 Å². The Morgan fingerprint density at radius 3 is 2.07 bits per heavy atom.